The fourth-order valence-corrected chi connectivity index (χ4v) is 2.32. The van der Waals surface area contributed by atoms with E-state index in [1.807, 2.05) is 24.3 Å². The van der Waals surface area contributed by atoms with Gasteiger partial charge in [-0.15, -0.1) is 0 Å². The summed E-state index contributed by atoms with van der Waals surface area (Å²) >= 11 is 0. The molecule has 2 N–H and O–H groups in total. The van der Waals surface area contributed by atoms with E-state index in [9.17, 15) is 9.59 Å². The number of carbonyl (C=O) groups is 2. The maximum Gasteiger partial charge on any atom is 0.428 e. The summed E-state index contributed by atoms with van der Waals surface area (Å²) in [5.41, 5.74) is 4.50. The van der Waals surface area contributed by atoms with Crippen molar-refractivity contribution in [3.63, 3.8) is 0 Å². The smallest absolute Gasteiger partial charge is 0.428 e. The molecular weight excluding hydrogens is 374 g/mol. The summed E-state index contributed by atoms with van der Waals surface area (Å²) in [7, 11) is 3.18. The van der Waals surface area contributed by atoms with Crippen molar-refractivity contribution in [2.45, 2.75) is 26.5 Å². The van der Waals surface area contributed by atoms with E-state index in [4.69, 9.17) is 14.2 Å². The first-order valence-corrected chi connectivity index (χ1v) is 8.98. The Labute approximate surface area is 169 Å². The number of hydrogen-bond donors (Lipinski definition) is 2. The molecule has 2 amide bonds. The van der Waals surface area contributed by atoms with Crippen LogP contribution in [0.2, 0.25) is 0 Å². The van der Waals surface area contributed by atoms with Crippen LogP contribution in [0.25, 0.3) is 0 Å². The zero-order valence-electron chi connectivity index (χ0n) is 16.7. The molecule has 2 aromatic carbocycles. The summed E-state index contributed by atoms with van der Waals surface area (Å²) in [5, 5.41) is 6.67. The topological polar surface area (TPSA) is 98.2 Å². The van der Waals surface area contributed by atoms with Gasteiger partial charge in [0.2, 0.25) is 5.91 Å². The number of ether oxygens (including phenoxy) is 3. The molecule has 0 spiro atoms. The van der Waals surface area contributed by atoms with Crippen LogP contribution in [-0.2, 0) is 22.7 Å². The van der Waals surface area contributed by atoms with Gasteiger partial charge in [0, 0.05) is 12.3 Å². The molecule has 0 fully saturated rings. The highest BCUT2D eigenvalue weighted by molar-refractivity contribution is 5.99. The molecule has 0 aliphatic carbocycles. The number of methoxy groups -OCH3 is 2. The minimum atomic E-state index is -0.696. The highest BCUT2D eigenvalue weighted by Crippen LogP contribution is 2.12. The van der Waals surface area contributed by atoms with Crippen molar-refractivity contribution in [3.8, 4) is 11.5 Å². The van der Waals surface area contributed by atoms with Crippen LogP contribution in [0, 0.1) is 0 Å². The monoisotopic (exact) mass is 399 g/mol. The second kappa shape index (κ2) is 11.3. The number of rotatable bonds is 9. The van der Waals surface area contributed by atoms with Crippen LogP contribution in [-0.4, -0.2) is 31.9 Å². The predicted octanol–water partition coefficient (Wildman–Crippen LogP) is 3.01. The number of nitrogens with zero attached hydrogens (tertiary/aromatic N) is 1. The van der Waals surface area contributed by atoms with Crippen LogP contribution in [0.1, 0.15) is 24.5 Å². The summed E-state index contributed by atoms with van der Waals surface area (Å²) in [4.78, 5) is 23.7. The predicted molar refractivity (Wildman–Crippen MR) is 109 cm³/mol. The normalized spacial score (nSPS) is 10.8. The molecule has 0 saturated carbocycles. The molecule has 29 heavy (non-hydrogen) atoms. The van der Waals surface area contributed by atoms with Crippen molar-refractivity contribution >= 4 is 17.7 Å². The van der Waals surface area contributed by atoms with Crippen LogP contribution >= 0.6 is 0 Å². The number of benzene rings is 2. The van der Waals surface area contributed by atoms with E-state index in [1.165, 1.54) is 0 Å². The minimum absolute atomic E-state index is 0.0644. The summed E-state index contributed by atoms with van der Waals surface area (Å²) in [6.45, 7) is 2.15. The molecule has 0 aromatic heterocycles. The molecule has 0 heterocycles. The third-order valence-corrected chi connectivity index (χ3v) is 3.93. The summed E-state index contributed by atoms with van der Waals surface area (Å²) in [5.74, 6) is 1.28. The third-order valence-electron chi connectivity index (χ3n) is 3.93. The zero-order valence-corrected chi connectivity index (χ0v) is 16.7. The number of hydrazone groups is 1. The second-order valence-electron chi connectivity index (χ2n) is 6.18. The van der Waals surface area contributed by atoms with E-state index in [0.29, 0.717) is 12.3 Å². The first-order chi connectivity index (χ1) is 14.0. The van der Waals surface area contributed by atoms with E-state index in [0.717, 1.165) is 22.6 Å². The van der Waals surface area contributed by atoms with Crippen LogP contribution in [0.4, 0.5) is 4.79 Å². The zero-order chi connectivity index (χ0) is 21.1. The lowest BCUT2D eigenvalue weighted by Crippen LogP contribution is -2.26. The van der Waals surface area contributed by atoms with Crippen molar-refractivity contribution < 1.29 is 23.8 Å². The Kier molecular flexibility index (Phi) is 8.50. The number of nitrogens with one attached hydrogen (secondary N) is 2. The van der Waals surface area contributed by atoms with Gasteiger partial charge in [0.25, 0.3) is 0 Å². The van der Waals surface area contributed by atoms with Gasteiger partial charge in [-0.05, 0) is 42.3 Å². The van der Waals surface area contributed by atoms with Gasteiger partial charge in [0.15, 0.2) is 0 Å². The minimum Gasteiger partial charge on any atom is -0.497 e. The van der Waals surface area contributed by atoms with Crippen LogP contribution in [0.15, 0.2) is 53.6 Å². The number of carbonyl (C=O) groups excluding carboxylic acids is 2. The molecule has 8 nitrogen and oxygen atoms in total. The molecule has 0 aliphatic rings. The van der Waals surface area contributed by atoms with Crippen molar-refractivity contribution in [2.75, 3.05) is 14.2 Å². The largest absolute Gasteiger partial charge is 0.497 e. The third kappa shape index (κ3) is 7.92. The van der Waals surface area contributed by atoms with E-state index in [1.54, 1.807) is 45.4 Å². The molecule has 0 bridgehead atoms. The highest BCUT2D eigenvalue weighted by atomic mass is 16.6. The lowest BCUT2D eigenvalue weighted by Gasteiger charge is -2.07. The molecular formula is C21H25N3O5. The van der Waals surface area contributed by atoms with Crippen molar-refractivity contribution in [2.24, 2.45) is 5.10 Å². The van der Waals surface area contributed by atoms with E-state index in [-0.39, 0.29) is 18.9 Å². The fourth-order valence-electron chi connectivity index (χ4n) is 2.32. The van der Waals surface area contributed by atoms with Gasteiger partial charge in [-0.2, -0.15) is 5.10 Å². The number of hydrogen-bond acceptors (Lipinski definition) is 6. The molecule has 0 radical (unpaired) electrons. The molecule has 8 heteroatoms. The average molecular weight is 399 g/mol. The standard InChI is InChI=1S/C21H25N3O5/c1-15(12-20(25)22-13-16-4-8-18(27-2)9-5-16)23-24-21(26)29-14-17-6-10-19(28-3)11-7-17/h4-11H,12-14H2,1-3H3,(H,22,25)(H,24,26)/b23-15+. The Morgan fingerprint density at radius 2 is 1.45 bits per heavy atom. The Bertz CT molecular complexity index is 832. The quantitative estimate of drug-likeness (QED) is 0.499. The fraction of sp³-hybridized carbons (Fsp3) is 0.286. The summed E-state index contributed by atoms with van der Waals surface area (Å²) in [6.07, 6.45) is -0.631. The summed E-state index contributed by atoms with van der Waals surface area (Å²) < 4.78 is 15.2. The second-order valence-corrected chi connectivity index (χ2v) is 6.18. The van der Waals surface area contributed by atoms with E-state index in [2.05, 4.69) is 15.8 Å². The Morgan fingerprint density at radius 3 is 2.00 bits per heavy atom. The van der Waals surface area contributed by atoms with Gasteiger partial charge in [-0.25, -0.2) is 10.2 Å². The lowest BCUT2D eigenvalue weighted by atomic mass is 10.2. The van der Waals surface area contributed by atoms with Gasteiger partial charge >= 0.3 is 6.09 Å². The van der Waals surface area contributed by atoms with Gasteiger partial charge in [-0.1, -0.05) is 24.3 Å². The molecule has 2 aromatic rings. The maximum absolute atomic E-state index is 12.0. The van der Waals surface area contributed by atoms with Gasteiger partial charge in [0.05, 0.1) is 20.6 Å². The van der Waals surface area contributed by atoms with E-state index >= 15 is 0 Å². The van der Waals surface area contributed by atoms with Crippen molar-refractivity contribution in [1.82, 2.24) is 10.7 Å². The Hall–Kier alpha value is -3.55. The maximum atomic E-state index is 12.0. The first kappa shape index (κ1) is 21.7. The Morgan fingerprint density at radius 1 is 0.897 bits per heavy atom. The van der Waals surface area contributed by atoms with Crippen LogP contribution in [0.5, 0.6) is 11.5 Å². The SMILES string of the molecule is COc1ccc(CNC(=O)C/C(C)=N/NC(=O)OCc2ccc(OC)cc2)cc1. The molecule has 154 valence electrons. The van der Waals surface area contributed by atoms with Crippen molar-refractivity contribution in [3.05, 3.63) is 59.7 Å². The van der Waals surface area contributed by atoms with Crippen molar-refractivity contribution in [1.29, 1.82) is 0 Å². The first-order valence-electron chi connectivity index (χ1n) is 8.98. The molecule has 2 rings (SSSR count). The number of amides is 2. The van der Waals surface area contributed by atoms with Gasteiger partial charge < -0.3 is 19.5 Å². The highest BCUT2D eigenvalue weighted by Gasteiger charge is 2.06. The van der Waals surface area contributed by atoms with Crippen LogP contribution < -0.4 is 20.2 Å². The molecule has 0 atom stereocenters. The van der Waals surface area contributed by atoms with Crippen LogP contribution in [0.3, 0.4) is 0 Å². The van der Waals surface area contributed by atoms with Gasteiger partial charge in [0.1, 0.15) is 18.1 Å². The van der Waals surface area contributed by atoms with E-state index < -0.39 is 6.09 Å². The Balaban J connectivity index is 1.69. The van der Waals surface area contributed by atoms with Gasteiger partial charge in [-0.3, -0.25) is 4.79 Å². The average Bonchev–Trinajstić information content (AvgIpc) is 2.75. The molecule has 0 aliphatic heterocycles. The molecule has 0 unspecified atom stereocenters. The summed E-state index contributed by atoms with van der Waals surface area (Å²) in [6, 6.07) is 14.6. The molecule has 0 saturated heterocycles. The lowest BCUT2D eigenvalue weighted by molar-refractivity contribution is -0.120.